The summed E-state index contributed by atoms with van der Waals surface area (Å²) in [6.07, 6.45) is 8.20. The Balaban J connectivity index is 2.28. The smallest absolute Gasteiger partial charge is 0.00771 e. The van der Waals surface area contributed by atoms with Crippen LogP contribution in [0.2, 0.25) is 0 Å². The van der Waals surface area contributed by atoms with Gasteiger partial charge in [0.05, 0.1) is 0 Å². The molecule has 1 saturated carbocycles. The summed E-state index contributed by atoms with van der Waals surface area (Å²) in [6.45, 7) is 14.3. The van der Waals surface area contributed by atoms with E-state index < -0.39 is 0 Å². The molecule has 1 heteroatoms. The second kappa shape index (κ2) is 6.93. The summed E-state index contributed by atoms with van der Waals surface area (Å²) in [4.78, 5) is 0. The molecule has 0 spiro atoms. The van der Waals surface area contributed by atoms with Crippen LogP contribution in [0.3, 0.4) is 0 Å². The van der Waals surface area contributed by atoms with Crippen LogP contribution in [0.5, 0.6) is 0 Å². The summed E-state index contributed by atoms with van der Waals surface area (Å²) >= 11 is 0. The summed E-state index contributed by atoms with van der Waals surface area (Å²) in [6, 6.07) is 1.44. The molecular formula is C17H35N. The van der Waals surface area contributed by atoms with Gasteiger partial charge in [-0.1, -0.05) is 47.5 Å². The van der Waals surface area contributed by atoms with E-state index in [2.05, 4.69) is 46.9 Å². The Labute approximate surface area is 115 Å². The van der Waals surface area contributed by atoms with Crippen LogP contribution in [0.15, 0.2) is 0 Å². The third-order valence-electron chi connectivity index (χ3n) is 4.33. The molecule has 0 aromatic rings. The first-order valence-electron chi connectivity index (χ1n) is 8.04. The van der Waals surface area contributed by atoms with Gasteiger partial charge in [0.15, 0.2) is 0 Å². The van der Waals surface area contributed by atoms with Crippen LogP contribution >= 0.6 is 0 Å². The molecule has 0 aliphatic heterocycles. The molecule has 1 aliphatic rings. The maximum absolute atomic E-state index is 3.88. The lowest BCUT2D eigenvalue weighted by atomic mass is 9.70. The molecular weight excluding hydrogens is 218 g/mol. The van der Waals surface area contributed by atoms with Crippen molar-refractivity contribution in [1.82, 2.24) is 5.32 Å². The Bertz CT molecular complexity index is 232. The molecule has 1 N–H and O–H groups in total. The quantitative estimate of drug-likeness (QED) is 0.702. The lowest BCUT2D eigenvalue weighted by Crippen LogP contribution is -2.43. The van der Waals surface area contributed by atoms with E-state index in [9.17, 15) is 0 Å². The van der Waals surface area contributed by atoms with Crippen molar-refractivity contribution >= 4 is 0 Å². The molecule has 0 radical (unpaired) electrons. The summed E-state index contributed by atoms with van der Waals surface area (Å²) in [7, 11) is 0. The average molecular weight is 253 g/mol. The predicted molar refractivity (Wildman–Crippen MR) is 81.9 cm³/mol. The molecule has 3 unspecified atom stereocenters. The molecule has 1 fully saturated rings. The second-order valence-electron chi connectivity index (χ2n) is 8.00. The van der Waals surface area contributed by atoms with E-state index in [1.165, 1.54) is 38.5 Å². The third kappa shape index (κ3) is 6.22. The van der Waals surface area contributed by atoms with Crippen molar-refractivity contribution in [3.8, 4) is 0 Å². The van der Waals surface area contributed by atoms with E-state index in [4.69, 9.17) is 0 Å². The minimum absolute atomic E-state index is 0.535. The molecule has 0 saturated heterocycles. The minimum Gasteiger partial charge on any atom is -0.311 e. The number of nitrogens with one attached hydrogen (secondary N) is 1. The number of hydrogen-bond donors (Lipinski definition) is 1. The SMILES string of the molecule is CC(C)CCCC(C)NC1CC(C)CC(C)(C)C1. The molecule has 3 atom stereocenters. The molecule has 0 bridgehead atoms. The van der Waals surface area contributed by atoms with Crippen molar-refractivity contribution in [3.63, 3.8) is 0 Å². The van der Waals surface area contributed by atoms with Crippen molar-refractivity contribution in [1.29, 1.82) is 0 Å². The molecule has 0 amide bonds. The maximum Gasteiger partial charge on any atom is 0.00771 e. The van der Waals surface area contributed by atoms with Gasteiger partial charge in [-0.05, 0) is 49.9 Å². The van der Waals surface area contributed by atoms with Gasteiger partial charge < -0.3 is 5.32 Å². The van der Waals surface area contributed by atoms with E-state index in [1.54, 1.807) is 0 Å². The Morgan fingerprint density at radius 1 is 1.11 bits per heavy atom. The first-order chi connectivity index (χ1) is 8.28. The van der Waals surface area contributed by atoms with Crippen molar-refractivity contribution in [2.45, 2.75) is 92.2 Å². The van der Waals surface area contributed by atoms with Crippen molar-refractivity contribution in [3.05, 3.63) is 0 Å². The molecule has 1 rings (SSSR count). The molecule has 1 aliphatic carbocycles. The first kappa shape index (κ1) is 16.0. The van der Waals surface area contributed by atoms with Gasteiger partial charge >= 0.3 is 0 Å². The van der Waals surface area contributed by atoms with Crippen molar-refractivity contribution < 1.29 is 0 Å². The zero-order valence-electron chi connectivity index (χ0n) is 13.6. The van der Waals surface area contributed by atoms with Crippen LogP contribution in [0.4, 0.5) is 0 Å². The van der Waals surface area contributed by atoms with E-state index in [0.29, 0.717) is 11.5 Å². The molecule has 0 aromatic heterocycles. The zero-order chi connectivity index (χ0) is 13.8. The molecule has 18 heavy (non-hydrogen) atoms. The van der Waals surface area contributed by atoms with Gasteiger partial charge in [0.1, 0.15) is 0 Å². The van der Waals surface area contributed by atoms with Gasteiger partial charge in [0.25, 0.3) is 0 Å². The Kier molecular flexibility index (Phi) is 6.17. The van der Waals surface area contributed by atoms with E-state index in [0.717, 1.165) is 17.9 Å². The van der Waals surface area contributed by atoms with Crippen LogP contribution < -0.4 is 5.32 Å². The van der Waals surface area contributed by atoms with Crippen LogP contribution in [0.1, 0.15) is 80.1 Å². The van der Waals surface area contributed by atoms with Crippen molar-refractivity contribution in [2.75, 3.05) is 0 Å². The zero-order valence-corrected chi connectivity index (χ0v) is 13.6. The fourth-order valence-corrected chi connectivity index (χ4v) is 3.79. The highest BCUT2D eigenvalue weighted by atomic mass is 14.9. The van der Waals surface area contributed by atoms with Gasteiger partial charge in [-0.3, -0.25) is 0 Å². The topological polar surface area (TPSA) is 12.0 Å². The Morgan fingerprint density at radius 3 is 2.33 bits per heavy atom. The number of rotatable bonds is 6. The lowest BCUT2D eigenvalue weighted by molar-refractivity contribution is 0.144. The van der Waals surface area contributed by atoms with Crippen LogP contribution in [-0.4, -0.2) is 12.1 Å². The maximum atomic E-state index is 3.88. The molecule has 108 valence electrons. The van der Waals surface area contributed by atoms with E-state index in [-0.39, 0.29) is 0 Å². The highest BCUT2D eigenvalue weighted by molar-refractivity contribution is 4.87. The predicted octanol–water partition coefficient (Wildman–Crippen LogP) is 5.01. The van der Waals surface area contributed by atoms with Gasteiger partial charge in [-0.2, -0.15) is 0 Å². The van der Waals surface area contributed by atoms with Gasteiger partial charge in [0.2, 0.25) is 0 Å². The molecule has 1 nitrogen and oxygen atoms in total. The van der Waals surface area contributed by atoms with Gasteiger partial charge in [0, 0.05) is 12.1 Å². The Morgan fingerprint density at radius 2 is 1.78 bits per heavy atom. The fraction of sp³-hybridized carbons (Fsp3) is 1.00. The normalized spacial score (nSPS) is 29.5. The Hall–Kier alpha value is -0.0400. The largest absolute Gasteiger partial charge is 0.311 e. The van der Waals surface area contributed by atoms with Crippen LogP contribution in [0, 0.1) is 17.3 Å². The average Bonchev–Trinajstić information content (AvgIpc) is 2.12. The van der Waals surface area contributed by atoms with Gasteiger partial charge in [-0.25, -0.2) is 0 Å². The molecule has 0 heterocycles. The standard InChI is InChI=1S/C17H35N/c1-13(2)8-7-9-15(4)18-16-10-14(3)11-17(5,6)12-16/h13-16,18H,7-12H2,1-6H3. The van der Waals surface area contributed by atoms with Crippen LogP contribution in [-0.2, 0) is 0 Å². The highest BCUT2D eigenvalue weighted by Crippen LogP contribution is 2.38. The van der Waals surface area contributed by atoms with Crippen molar-refractivity contribution in [2.24, 2.45) is 17.3 Å². The lowest BCUT2D eigenvalue weighted by Gasteiger charge is -2.40. The first-order valence-corrected chi connectivity index (χ1v) is 8.04. The second-order valence-corrected chi connectivity index (χ2v) is 8.00. The van der Waals surface area contributed by atoms with Crippen LogP contribution in [0.25, 0.3) is 0 Å². The summed E-state index contributed by atoms with van der Waals surface area (Å²) in [5.74, 6) is 1.74. The van der Waals surface area contributed by atoms with E-state index >= 15 is 0 Å². The molecule has 0 aromatic carbocycles. The third-order valence-corrected chi connectivity index (χ3v) is 4.33. The summed E-state index contributed by atoms with van der Waals surface area (Å²) in [5.41, 5.74) is 0.535. The minimum atomic E-state index is 0.535. The fourth-order valence-electron chi connectivity index (χ4n) is 3.79. The highest BCUT2D eigenvalue weighted by Gasteiger charge is 2.32. The number of hydrogen-bond acceptors (Lipinski definition) is 1. The monoisotopic (exact) mass is 253 g/mol. The van der Waals surface area contributed by atoms with E-state index in [1.807, 2.05) is 0 Å². The summed E-state index contributed by atoms with van der Waals surface area (Å²) < 4.78 is 0. The summed E-state index contributed by atoms with van der Waals surface area (Å²) in [5, 5.41) is 3.88. The van der Waals surface area contributed by atoms with Gasteiger partial charge in [-0.15, -0.1) is 0 Å².